The van der Waals surface area contributed by atoms with Crippen LogP contribution in [-0.2, 0) is 16.0 Å². The van der Waals surface area contributed by atoms with Crippen molar-refractivity contribution in [3.63, 3.8) is 0 Å². The van der Waals surface area contributed by atoms with Crippen LogP contribution in [0, 0.1) is 0 Å². The van der Waals surface area contributed by atoms with Crippen LogP contribution in [0.1, 0.15) is 19.4 Å². The van der Waals surface area contributed by atoms with Gasteiger partial charge in [-0.05, 0) is 42.8 Å². The molecular formula is C19H20N2O3. The number of anilines is 2. The first-order valence-electron chi connectivity index (χ1n) is 8.01. The number of rotatable bonds is 4. The van der Waals surface area contributed by atoms with E-state index in [0.29, 0.717) is 18.7 Å². The van der Waals surface area contributed by atoms with Crippen molar-refractivity contribution in [2.24, 2.45) is 0 Å². The van der Waals surface area contributed by atoms with Crippen LogP contribution in [0.15, 0.2) is 48.5 Å². The molecule has 0 fully saturated rings. The van der Waals surface area contributed by atoms with E-state index in [9.17, 15) is 9.59 Å². The van der Waals surface area contributed by atoms with Crippen molar-refractivity contribution >= 4 is 23.2 Å². The van der Waals surface area contributed by atoms with Gasteiger partial charge in [0.15, 0.2) is 0 Å². The van der Waals surface area contributed by atoms with Crippen LogP contribution < -0.4 is 15.0 Å². The Hall–Kier alpha value is -2.82. The highest BCUT2D eigenvalue weighted by Gasteiger charge is 2.36. The fourth-order valence-electron chi connectivity index (χ4n) is 3.01. The Balaban J connectivity index is 1.76. The molecule has 1 aliphatic rings. The van der Waals surface area contributed by atoms with Crippen molar-refractivity contribution in [3.05, 3.63) is 54.1 Å². The van der Waals surface area contributed by atoms with Gasteiger partial charge in [0.25, 0.3) is 0 Å². The van der Waals surface area contributed by atoms with Gasteiger partial charge >= 0.3 is 0 Å². The van der Waals surface area contributed by atoms with E-state index >= 15 is 0 Å². The summed E-state index contributed by atoms with van der Waals surface area (Å²) < 4.78 is 5.39. The molecule has 1 atom stereocenters. The first-order chi connectivity index (χ1) is 11.6. The highest BCUT2D eigenvalue weighted by atomic mass is 16.5. The van der Waals surface area contributed by atoms with Gasteiger partial charge in [-0.1, -0.05) is 18.2 Å². The summed E-state index contributed by atoms with van der Waals surface area (Å²) in [6.45, 7) is 4.00. The molecule has 1 heterocycles. The fraction of sp³-hybridized carbons (Fsp3) is 0.263. The molecule has 5 nitrogen and oxygen atoms in total. The normalized spacial score (nSPS) is 15.8. The Bertz CT molecular complexity index is 755. The zero-order chi connectivity index (χ0) is 17.1. The molecule has 1 unspecified atom stereocenters. The third-order valence-electron chi connectivity index (χ3n) is 4.05. The van der Waals surface area contributed by atoms with E-state index in [0.717, 1.165) is 17.0 Å². The summed E-state index contributed by atoms with van der Waals surface area (Å²) in [5.41, 5.74) is 2.51. The number of carbonyl (C=O) groups excluding carboxylic acids is 2. The molecule has 0 aromatic heterocycles. The highest BCUT2D eigenvalue weighted by Crippen LogP contribution is 2.32. The molecule has 0 radical (unpaired) electrons. The molecule has 0 saturated carbocycles. The fourth-order valence-corrected chi connectivity index (χ4v) is 3.01. The molecule has 2 aromatic carbocycles. The van der Waals surface area contributed by atoms with Gasteiger partial charge in [-0.3, -0.25) is 14.5 Å². The summed E-state index contributed by atoms with van der Waals surface area (Å²) >= 11 is 0. The summed E-state index contributed by atoms with van der Waals surface area (Å²) in [6, 6.07) is 14.3. The molecule has 3 rings (SSSR count). The minimum Gasteiger partial charge on any atom is -0.494 e. The quantitative estimate of drug-likeness (QED) is 0.940. The Kier molecular flexibility index (Phi) is 4.51. The first kappa shape index (κ1) is 16.1. The number of nitrogens with zero attached hydrogens (tertiary/aromatic N) is 1. The van der Waals surface area contributed by atoms with Crippen LogP contribution >= 0.6 is 0 Å². The molecule has 0 aliphatic carbocycles. The number of hydrogen-bond acceptors (Lipinski definition) is 3. The second kappa shape index (κ2) is 6.74. The van der Waals surface area contributed by atoms with Crippen molar-refractivity contribution in [1.82, 2.24) is 0 Å². The van der Waals surface area contributed by atoms with Crippen molar-refractivity contribution in [2.75, 3.05) is 16.8 Å². The van der Waals surface area contributed by atoms with Gasteiger partial charge in [-0.25, -0.2) is 0 Å². The van der Waals surface area contributed by atoms with E-state index in [1.807, 2.05) is 43.3 Å². The Morgan fingerprint density at radius 3 is 2.54 bits per heavy atom. The Morgan fingerprint density at radius 2 is 1.88 bits per heavy atom. The summed E-state index contributed by atoms with van der Waals surface area (Å²) in [4.78, 5) is 26.3. The van der Waals surface area contributed by atoms with Crippen LogP contribution in [0.2, 0.25) is 0 Å². The first-order valence-corrected chi connectivity index (χ1v) is 8.01. The van der Waals surface area contributed by atoms with Gasteiger partial charge < -0.3 is 10.1 Å². The third kappa shape index (κ3) is 3.11. The van der Waals surface area contributed by atoms with E-state index in [1.165, 1.54) is 6.92 Å². The Labute approximate surface area is 141 Å². The van der Waals surface area contributed by atoms with Gasteiger partial charge in [0.05, 0.1) is 6.61 Å². The van der Waals surface area contributed by atoms with Crippen molar-refractivity contribution in [1.29, 1.82) is 0 Å². The molecule has 1 aliphatic heterocycles. The zero-order valence-electron chi connectivity index (χ0n) is 13.8. The molecule has 24 heavy (non-hydrogen) atoms. The van der Waals surface area contributed by atoms with Crippen LogP contribution in [0.3, 0.4) is 0 Å². The number of ether oxygens (including phenoxy) is 1. The van der Waals surface area contributed by atoms with Crippen molar-refractivity contribution in [2.45, 2.75) is 26.3 Å². The van der Waals surface area contributed by atoms with Gasteiger partial charge in [-0.2, -0.15) is 0 Å². The monoisotopic (exact) mass is 324 g/mol. The number of hydrogen-bond donors (Lipinski definition) is 1. The lowest BCUT2D eigenvalue weighted by Gasteiger charge is -2.23. The molecule has 5 heteroatoms. The molecule has 0 spiro atoms. The van der Waals surface area contributed by atoms with Crippen LogP contribution in [0.25, 0.3) is 0 Å². The summed E-state index contributed by atoms with van der Waals surface area (Å²) in [5, 5.41) is 2.88. The second-order valence-corrected chi connectivity index (χ2v) is 5.68. The van der Waals surface area contributed by atoms with Crippen LogP contribution in [-0.4, -0.2) is 24.5 Å². The maximum absolute atomic E-state index is 12.7. The predicted octanol–water partition coefficient (Wildman–Crippen LogP) is 3.00. The lowest BCUT2D eigenvalue weighted by Crippen LogP contribution is -2.44. The SMILES string of the molecule is CCOc1ccc(NC(=O)C2Cc3ccccc3N2C(C)=O)cc1. The van der Waals surface area contributed by atoms with Gasteiger partial charge in [-0.15, -0.1) is 0 Å². The lowest BCUT2D eigenvalue weighted by atomic mass is 10.1. The van der Waals surface area contributed by atoms with Gasteiger partial charge in [0.2, 0.25) is 11.8 Å². The molecular weight excluding hydrogens is 304 g/mol. The molecule has 0 saturated heterocycles. The van der Waals surface area contributed by atoms with E-state index in [1.54, 1.807) is 17.0 Å². The second-order valence-electron chi connectivity index (χ2n) is 5.68. The molecule has 2 amide bonds. The van der Waals surface area contributed by atoms with E-state index in [-0.39, 0.29) is 11.8 Å². The van der Waals surface area contributed by atoms with E-state index < -0.39 is 6.04 Å². The number of carbonyl (C=O) groups is 2. The molecule has 0 bridgehead atoms. The largest absolute Gasteiger partial charge is 0.494 e. The number of nitrogens with one attached hydrogen (secondary N) is 1. The van der Waals surface area contributed by atoms with Gasteiger partial charge in [0, 0.05) is 24.7 Å². The molecule has 2 aromatic rings. The smallest absolute Gasteiger partial charge is 0.247 e. The van der Waals surface area contributed by atoms with Crippen LogP contribution in [0.4, 0.5) is 11.4 Å². The number of para-hydroxylation sites is 1. The maximum atomic E-state index is 12.7. The average Bonchev–Trinajstić information content (AvgIpc) is 2.97. The number of amides is 2. The topological polar surface area (TPSA) is 58.6 Å². The lowest BCUT2D eigenvalue weighted by molar-refractivity contribution is -0.122. The van der Waals surface area contributed by atoms with E-state index in [4.69, 9.17) is 4.74 Å². The minimum absolute atomic E-state index is 0.133. The Morgan fingerprint density at radius 1 is 1.17 bits per heavy atom. The third-order valence-corrected chi connectivity index (χ3v) is 4.05. The van der Waals surface area contributed by atoms with E-state index in [2.05, 4.69) is 5.32 Å². The summed E-state index contributed by atoms with van der Waals surface area (Å²) in [6.07, 6.45) is 0.526. The number of benzene rings is 2. The molecule has 1 N–H and O–H groups in total. The molecule has 124 valence electrons. The zero-order valence-corrected chi connectivity index (χ0v) is 13.8. The van der Waals surface area contributed by atoms with Gasteiger partial charge in [0.1, 0.15) is 11.8 Å². The summed E-state index contributed by atoms with van der Waals surface area (Å²) in [7, 11) is 0. The highest BCUT2D eigenvalue weighted by molar-refractivity contribution is 6.06. The number of fused-ring (bicyclic) bond motifs is 1. The summed E-state index contributed by atoms with van der Waals surface area (Å²) in [5.74, 6) is 0.437. The minimum atomic E-state index is -0.522. The van der Waals surface area contributed by atoms with Crippen molar-refractivity contribution in [3.8, 4) is 5.75 Å². The standard InChI is InChI=1S/C19H20N2O3/c1-3-24-16-10-8-15(9-11-16)20-19(23)18-12-14-6-4-5-7-17(14)21(18)13(2)22/h4-11,18H,3,12H2,1-2H3,(H,20,23). The average molecular weight is 324 g/mol. The maximum Gasteiger partial charge on any atom is 0.247 e. The van der Waals surface area contributed by atoms with Crippen molar-refractivity contribution < 1.29 is 14.3 Å². The van der Waals surface area contributed by atoms with Crippen LogP contribution in [0.5, 0.6) is 5.75 Å². The predicted molar refractivity (Wildman–Crippen MR) is 93.3 cm³/mol.